The minimum atomic E-state index is -0.322. The van der Waals surface area contributed by atoms with E-state index in [4.69, 9.17) is 14.2 Å². The van der Waals surface area contributed by atoms with E-state index in [1.165, 1.54) is 63.8 Å². The van der Waals surface area contributed by atoms with Crippen molar-refractivity contribution in [2.45, 2.75) is 0 Å². The molecule has 2 aromatic carbocycles. The Morgan fingerprint density at radius 1 is 0.958 bits per heavy atom. The summed E-state index contributed by atoms with van der Waals surface area (Å²) in [7, 11) is 4.41. The molecule has 126 valence electrons. The second-order valence-corrected chi connectivity index (χ2v) is 4.85. The predicted octanol–water partition coefficient (Wildman–Crippen LogP) is 3.02. The number of ketones is 1. The van der Waals surface area contributed by atoms with Crippen LogP contribution < -0.4 is 14.2 Å². The van der Waals surface area contributed by atoms with Gasteiger partial charge in [-0.2, -0.15) is 0 Å². The summed E-state index contributed by atoms with van der Waals surface area (Å²) < 4.78 is 15.6. The number of phenolic OH excluding ortho intramolecular Hbond substituents is 2. The van der Waals surface area contributed by atoms with Crippen LogP contribution in [0.15, 0.2) is 36.4 Å². The third-order valence-electron chi connectivity index (χ3n) is 3.37. The molecule has 0 unspecified atom stereocenters. The molecule has 6 heteroatoms. The summed E-state index contributed by atoms with van der Waals surface area (Å²) in [5.41, 5.74) is 0.663. The molecule has 0 aliphatic heterocycles. The highest BCUT2D eigenvalue weighted by molar-refractivity contribution is 6.07. The number of hydrogen-bond donors (Lipinski definition) is 2. The highest BCUT2D eigenvalue weighted by Gasteiger charge is 2.15. The van der Waals surface area contributed by atoms with Crippen LogP contribution in [0.3, 0.4) is 0 Å². The molecule has 0 bridgehead atoms. The summed E-state index contributed by atoms with van der Waals surface area (Å²) in [5, 5.41) is 19.2. The minimum absolute atomic E-state index is 0.00677. The van der Waals surface area contributed by atoms with Crippen molar-refractivity contribution in [1.82, 2.24) is 0 Å². The van der Waals surface area contributed by atoms with E-state index in [1.54, 1.807) is 0 Å². The first-order valence-electron chi connectivity index (χ1n) is 7.04. The smallest absolute Gasteiger partial charge is 0.203 e. The quantitative estimate of drug-likeness (QED) is 0.481. The zero-order valence-electron chi connectivity index (χ0n) is 13.6. The topological polar surface area (TPSA) is 85.2 Å². The van der Waals surface area contributed by atoms with Crippen molar-refractivity contribution in [3.05, 3.63) is 47.5 Å². The Kier molecular flexibility index (Phi) is 5.31. The summed E-state index contributed by atoms with van der Waals surface area (Å²) in [5.74, 6) is 0.764. The number of benzene rings is 2. The number of rotatable bonds is 6. The molecule has 0 aliphatic carbocycles. The van der Waals surface area contributed by atoms with Crippen LogP contribution in [0.1, 0.15) is 15.9 Å². The van der Waals surface area contributed by atoms with Crippen LogP contribution >= 0.6 is 0 Å². The van der Waals surface area contributed by atoms with E-state index in [9.17, 15) is 15.0 Å². The Morgan fingerprint density at radius 3 is 2.12 bits per heavy atom. The number of ether oxygens (including phenoxy) is 3. The van der Waals surface area contributed by atoms with Gasteiger partial charge in [-0.05, 0) is 42.5 Å². The molecule has 0 fully saturated rings. The molecule has 0 spiro atoms. The molecule has 0 heterocycles. The highest BCUT2D eigenvalue weighted by Crippen LogP contribution is 2.38. The molecule has 2 rings (SSSR count). The predicted molar refractivity (Wildman–Crippen MR) is 89.2 cm³/mol. The van der Waals surface area contributed by atoms with Crippen LogP contribution in [0.25, 0.3) is 6.08 Å². The van der Waals surface area contributed by atoms with E-state index in [1.807, 2.05) is 0 Å². The molecule has 24 heavy (non-hydrogen) atoms. The number of carbonyl (C=O) groups excluding carboxylic acids is 1. The Labute approximate surface area is 139 Å². The Hall–Kier alpha value is -3.15. The molecule has 6 nitrogen and oxygen atoms in total. The van der Waals surface area contributed by atoms with Crippen molar-refractivity contribution in [3.8, 4) is 28.7 Å². The van der Waals surface area contributed by atoms with Crippen molar-refractivity contribution >= 4 is 11.9 Å². The van der Waals surface area contributed by atoms with Gasteiger partial charge in [-0.3, -0.25) is 4.79 Å². The van der Waals surface area contributed by atoms with Gasteiger partial charge in [0.25, 0.3) is 0 Å². The lowest BCUT2D eigenvalue weighted by Gasteiger charge is -2.13. The number of hydrogen-bond acceptors (Lipinski definition) is 6. The van der Waals surface area contributed by atoms with Crippen LogP contribution in [0.4, 0.5) is 0 Å². The van der Waals surface area contributed by atoms with Gasteiger partial charge >= 0.3 is 0 Å². The average molecular weight is 330 g/mol. The highest BCUT2D eigenvalue weighted by atomic mass is 16.5. The number of allylic oxidation sites excluding steroid dienone is 1. The van der Waals surface area contributed by atoms with Crippen LogP contribution in [0.2, 0.25) is 0 Å². The molecule has 2 aromatic rings. The second-order valence-electron chi connectivity index (χ2n) is 4.85. The number of phenols is 2. The average Bonchev–Trinajstić information content (AvgIpc) is 2.60. The first-order chi connectivity index (χ1) is 11.5. The number of carbonyl (C=O) groups is 1. The van der Waals surface area contributed by atoms with Gasteiger partial charge in [0.2, 0.25) is 5.75 Å². The van der Waals surface area contributed by atoms with Gasteiger partial charge in [0.15, 0.2) is 17.3 Å². The molecule has 0 aromatic heterocycles. The summed E-state index contributed by atoms with van der Waals surface area (Å²) in [4.78, 5) is 12.4. The Morgan fingerprint density at radius 2 is 1.58 bits per heavy atom. The standard InChI is InChI=1S/C18H18O6/c1-22-16-9-12(10-17(23-2)18(16)24-3)15(21)6-4-11-8-13(19)5-7-14(11)20/h4-10,19-20H,1-3H3/b6-4+. The summed E-state index contributed by atoms with van der Waals surface area (Å²) >= 11 is 0. The summed E-state index contributed by atoms with van der Waals surface area (Å²) in [6.45, 7) is 0. The van der Waals surface area contributed by atoms with E-state index in [0.717, 1.165) is 0 Å². The first kappa shape index (κ1) is 17.2. The van der Waals surface area contributed by atoms with Gasteiger partial charge in [0.1, 0.15) is 11.5 Å². The van der Waals surface area contributed by atoms with Crippen LogP contribution in [0, 0.1) is 0 Å². The number of methoxy groups -OCH3 is 3. The van der Waals surface area contributed by atoms with E-state index >= 15 is 0 Å². The molecular weight excluding hydrogens is 312 g/mol. The van der Waals surface area contributed by atoms with Crippen molar-refractivity contribution in [2.24, 2.45) is 0 Å². The lowest BCUT2D eigenvalue weighted by Crippen LogP contribution is -2.00. The van der Waals surface area contributed by atoms with Crippen molar-refractivity contribution in [2.75, 3.05) is 21.3 Å². The monoisotopic (exact) mass is 330 g/mol. The van der Waals surface area contributed by atoms with Gasteiger partial charge < -0.3 is 24.4 Å². The summed E-state index contributed by atoms with van der Waals surface area (Å²) in [6.07, 6.45) is 2.70. The fraction of sp³-hybridized carbons (Fsp3) is 0.167. The largest absolute Gasteiger partial charge is 0.508 e. The maximum atomic E-state index is 12.4. The fourth-order valence-electron chi connectivity index (χ4n) is 2.16. The molecular formula is C18H18O6. The SMILES string of the molecule is COc1cc(C(=O)/C=C/c2cc(O)ccc2O)cc(OC)c1OC. The third-order valence-corrected chi connectivity index (χ3v) is 3.37. The Balaban J connectivity index is 2.36. The normalized spacial score (nSPS) is 10.6. The minimum Gasteiger partial charge on any atom is -0.508 e. The lowest BCUT2D eigenvalue weighted by atomic mass is 10.1. The van der Waals surface area contributed by atoms with Gasteiger partial charge in [-0.15, -0.1) is 0 Å². The number of aromatic hydroxyl groups is 2. The molecule has 0 saturated carbocycles. The summed E-state index contributed by atoms with van der Waals surface area (Å²) in [6, 6.07) is 7.13. The van der Waals surface area contributed by atoms with Crippen molar-refractivity contribution in [3.63, 3.8) is 0 Å². The molecule has 0 aliphatic rings. The third kappa shape index (κ3) is 3.60. The molecule has 0 atom stereocenters. The Bertz CT molecular complexity index is 754. The first-order valence-corrected chi connectivity index (χ1v) is 7.04. The fourth-order valence-corrected chi connectivity index (χ4v) is 2.16. The van der Waals surface area contributed by atoms with Crippen LogP contribution in [-0.2, 0) is 0 Å². The van der Waals surface area contributed by atoms with Crippen LogP contribution in [-0.4, -0.2) is 37.3 Å². The van der Waals surface area contributed by atoms with Gasteiger partial charge in [-0.1, -0.05) is 0 Å². The molecule has 0 amide bonds. The van der Waals surface area contributed by atoms with Crippen LogP contribution in [0.5, 0.6) is 28.7 Å². The second kappa shape index (κ2) is 7.41. The van der Waals surface area contributed by atoms with E-state index in [-0.39, 0.29) is 17.3 Å². The van der Waals surface area contributed by atoms with Gasteiger partial charge in [-0.25, -0.2) is 0 Å². The zero-order chi connectivity index (χ0) is 17.7. The van der Waals surface area contributed by atoms with E-state index in [0.29, 0.717) is 28.4 Å². The maximum Gasteiger partial charge on any atom is 0.203 e. The van der Waals surface area contributed by atoms with Crippen molar-refractivity contribution < 1.29 is 29.2 Å². The molecule has 0 saturated heterocycles. The van der Waals surface area contributed by atoms with E-state index < -0.39 is 0 Å². The van der Waals surface area contributed by atoms with E-state index in [2.05, 4.69) is 0 Å². The van der Waals surface area contributed by atoms with Gasteiger partial charge in [0.05, 0.1) is 21.3 Å². The van der Waals surface area contributed by atoms with Crippen molar-refractivity contribution in [1.29, 1.82) is 0 Å². The molecule has 2 N–H and O–H groups in total. The van der Waals surface area contributed by atoms with Gasteiger partial charge in [0, 0.05) is 11.1 Å². The maximum absolute atomic E-state index is 12.4. The zero-order valence-corrected chi connectivity index (χ0v) is 13.6. The molecule has 0 radical (unpaired) electrons. The lowest BCUT2D eigenvalue weighted by molar-refractivity contribution is 0.104.